The first-order valence-electron chi connectivity index (χ1n) is 6.39. The molecule has 2 N–H and O–H groups in total. The van der Waals surface area contributed by atoms with Crippen LogP contribution in [0.3, 0.4) is 0 Å². The number of anilines is 1. The Bertz CT molecular complexity index is 366. The van der Waals surface area contributed by atoms with E-state index in [9.17, 15) is 0 Å². The van der Waals surface area contributed by atoms with Crippen molar-refractivity contribution in [1.82, 2.24) is 9.88 Å². The minimum Gasteiger partial charge on any atom is -0.367 e. The van der Waals surface area contributed by atoms with E-state index in [0.717, 1.165) is 31.9 Å². The molecule has 94 valence electrons. The van der Waals surface area contributed by atoms with E-state index in [1.807, 2.05) is 12.3 Å². The summed E-state index contributed by atoms with van der Waals surface area (Å²) in [4.78, 5) is 9.27. The molecule has 0 radical (unpaired) electrons. The first-order valence-corrected chi connectivity index (χ1v) is 6.39. The molecule has 0 bridgehead atoms. The van der Waals surface area contributed by atoms with Crippen LogP contribution in [0.1, 0.15) is 19.5 Å². The Morgan fingerprint density at radius 2 is 2.29 bits per heavy atom. The van der Waals surface area contributed by atoms with Gasteiger partial charge in [0.1, 0.15) is 0 Å². The Balaban J connectivity index is 2.13. The zero-order valence-corrected chi connectivity index (χ0v) is 10.8. The van der Waals surface area contributed by atoms with Crippen LogP contribution in [0, 0.1) is 0 Å². The highest BCUT2D eigenvalue weighted by Gasteiger charge is 2.23. The lowest BCUT2D eigenvalue weighted by molar-refractivity contribution is 0.199. The Morgan fingerprint density at radius 3 is 2.94 bits per heavy atom. The molecule has 1 atom stereocenters. The van der Waals surface area contributed by atoms with Crippen LogP contribution in [0.25, 0.3) is 0 Å². The van der Waals surface area contributed by atoms with E-state index in [2.05, 4.69) is 34.7 Å². The van der Waals surface area contributed by atoms with Gasteiger partial charge in [-0.15, -0.1) is 0 Å². The molecule has 2 heterocycles. The van der Waals surface area contributed by atoms with Crippen LogP contribution in [0.2, 0.25) is 0 Å². The van der Waals surface area contributed by atoms with Crippen molar-refractivity contribution in [3.63, 3.8) is 0 Å². The Hall–Kier alpha value is -1.13. The number of rotatable bonds is 3. The third-order valence-electron chi connectivity index (χ3n) is 3.57. The average molecular weight is 234 g/mol. The van der Waals surface area contributed by atoms with Crippen molar-refractivity contribution < 1.29 is 0 Å². The Labute approximate surface area is 103 Å². The third kappa shape index (κ3) is 2.58. The monoisotopic (exact) mass is 234 g/mol. The molecule has 0 aromatic carbocycles. The van der Waals surface area contributed by atoms with Crippen molar-refractivity contribution in [3.05, 3.63) is 24.0 Å². The van der Waals surface area contributed by atoms with Crippen LogP contribution in [-0.2, 0) is 6.54 Å². The van der Waals surface area contributed by atoms with E-state index in [1.54, 1.807) is 0 Å². The molecule has 1 aromatic rings. The number of nitrogens with two attached hydrogens (primary N) is 1. The number of hydrogen-bond acceptors (Lipinski definition) is 4. The molecule has 4 nitrogen and oxygen atoms in total. The fourth-order valence-electron chi connectivity index (χ4n) is 2.56. The van der Waals surface area contributed by atoms with Gasteiger partial charge in [0.15, 0.2) is 0 Å². The van der Waals surface area contributed by atoms with Gasteiger partial charge < -0.3 is 10.6 Å². The van der Waals surface area contributed by atoms with Gasteiger partial charge in [-0.25, -0.2) is 0 Å². The smallest absolute Gasteiger partial charge is 0.0772 e. The number of hydrogen-bond donors (Lipinski definition) is 1. The maximum Gasteiger partial charge on any atom is 0.0772 e. The SMILES string of the molecule is CCN1CCN(c2cccnc2CN)CC1C. The highest BCUT2D eigenvalue weighted by molar-refractivity contribution is 5.51. The van der Waals surface area contributed by atoms with Gasteiger partial charge in [-0.2, -0.15) is 0 Å². The lowest BCUT2D eigenvalue weighted by Crippen LogP contribution is -2.52. The Morgan fingerprint density at radius 1 is 1.47 bits per heavy atom. The molecular weight excluding hydrogens is 212 g/mol. The number of piperazine rings is 1. The predicted octanol–water partition coefficient (Wildman–Crippen LogP) is 1.07. The largest absolute Gasteiger partial charge is 0.367 e. The predicted molar refractivity (Wildman–Crippen MR) is 71.1 cm³/mol. The number of nitrogens with zero attached hydrogens (tertiary/aromatic N) is 3. The molecule has 4 heteroatoms. The molecule has 1 aliphatic heterocycles. The molecule has 1 aliphatic rings. The molecule has 0 amide bonds. The van der Waals surface area contributed by atoms with Crippen LogP contribution in [0.15, 0.2) is 18.3 Å². The standard InChI is InChI=1S/C13H22N4/c1-3-16-7-8-17(10-11(16)2)13-5-4-6-15-12(13)9-14/h4-6,11H,3,7-10,14H2,1-2H3. The second-order valence-corrected chi connectivity index (χ2v) is 4.60. The maximum absolute atomic E-state index is 5.75. The van der Waals surface area contributed by atoms with Gasteiger partial charge in [0.2, 0.25) is 0 Å². The minimum atomic E-state index is 0.512. The summed E-state index contributed by atoms with van der Waals surface area (Å²) < 4.78 is 0. The highest BCUT2D eigenvalue weighted by atomic mass is 15.3. The maximum atomic E-state index is 5.75. The van der Waals surface area contributed by atoms with Gasteiger partial charge >= 0.3 is 0 Å². The molecule has 0 spiro atoms. The highest BCUT2D eigenvalue weighted by Crippen LogP contribution is 2.21. The summed E-state index contributed by atoms with van der Waals surface area (Å²) in [5.74, 6) is 0. The number of aromatic nitrogens is 1. The summed E-state index contributed by atoms with van der Waals surface area (Å²) in [5.41, 5.74) is 7.96. The van der Waals surface area contributed by atoms with Crippen molar-refractivity contribution in [3.8, 4) is 0 Å². The molecule has 1 fully saturated rings. The number of likely N-dealkylation sites (N-methyl/N-ethyl adjacent to an activating group) is 1. The zero-order chi connectivity index (χ0) is 12.3. The van der Waals surface area contributed by atoms with E-state index in [4.69, 9.17) is 5.73 Å². The third-order valence-corrected chi connectivity index (χ3v) is 3.57. The average Bonchev–Trinajstić information content (AvgIpc) is 2.38. The minimum absolute atomic E-state index is 0.512. The van der Waals surface area contributed by atoms with Crippen molar-refractivity contribution in [1.29, 1.82) is 0 Å². The summed E-state index contributed by atoms with van der Waals surface area (Å²) >= 11 is 0. The molecule has 1 unspecified atom stereocenters. The van der Waals surface area contributed by atoms with Crippen molar-refractivity contribution >= 4 is 5.69 Å². The lowest BCUT2D eigenvalue weighted by Gasteiger charge is -2.40. The normalized spacial score (nSPS) is 21.8. The van der Waals surface area contributed by atoms with E-state index < -0.39 is 0 Å². The molecule has 1 saturated heterocycles. The van der Waals surface area contributed by atoms with Crippen LogP contribution in [-0.4, -0.2) is 42.1 Å². The van der Waals surface area contributed by atoms with Crippen LogP contribution < -0.4 is 10.6 Å². The summed E-state index contributed by atoms with van der Waals surface area (Å²) in [6, 6.07) is 4.72. The summed E-state index contributed by atoms with van der Waals surface area (Å²) in [6.45, 7) is 9.40. The molecule has 0 saturated carbocycles. The zero-order valence-electron chi connectivity index (χ0n) is 10.8. The van der Waals surface area contributed by atoms with Gasteiger partial charge in [-0.1, -0.05) is 6.92 Å². The first-order chi connectivity index (χ1) is 8.26. The van der Waals surface area contributed by atoms with Gasteiger partial charge in [-0.05, 0) is 25.6 Å². The second-order valence-electron chi connectivity index (χ2n) is 4.60. The van der Waals surface area contributed by atoms with Crippen molar-refractivity contribution in [2.24, 2.45) is 5.73 Å². The summed E-state index contributed by atoms with van der Waals surface area (Å²) in [7, 11) is 0. The van der Waals surface area contributed by atoms with Crippen LogP contribution in [0.4, 0.5) is 5.69 Å². The van der Waals surface area contributed by atoms with Crippen molar-refractivity contribution in [2.75, 3.05) is 31.1 Å². The topological polar surface area (TPSA) is 45.4 Å². The second kappa shape index (κ2) is 5.47. The van der Waals surface area contributed by atoms with E-state index in [1.165, 1.54) is 5.69 Å². The van der Waals surface area contributed by atoms with Gasteiger partial charge in [0, 0.05) is 38.4 Å². The molecule has 1 aromatic heterocycles. The van der Waals surface area contributed by atoms with Crippen molar-refractivity contribution in [2.45, 2.75) is 26.4 Å². The quantitative estimate of drug-likeness (QED) is 0.850. The first kappa shape index (κ1) is 12.3. The number of pyridine rings is 1. The van der Waals surface area contributed by atoms with Gasteiger partial charge in [0.25, 0.3) is 0 Å². The molecule has 2 rings (SSSR count). The van der Waals surface area contributed by atoms with Gasteiger partial charge in [-0.3, -0.25) is 9.88 Å². The fourth-order valence-corrected chi connectivity index (χ4v) is 2.56. The molecule has 0 aliphatic carbocycles. The van der Waals surface area contributed by atoms with Crippen LogP contribution in [0.5, 0.6) is 0 Å². The molecular formula is C13H22N4. The van der Waals surface area contributed by atoms with Gasteiger partial charge in [0.05, 0.1) is 11.4 Å². The Kier molecular flexibility index (Phi) is 3.97. The summed E-state index contributed by atoms with van der Waals surface area (Å²) in [6.07, 6.45) is 1.82. The van der Waals surface area contributed by atoms with Crippen LogP contribution >= 0.6 is 0 Å². The van der Waals surface area contributed by atoms with E-state index >= 15 is 0 Å². The van der Waals surface area contributed by atoms with E-state index in [-0.39, 0.29) is 0 Å². The molecule has 17 heavy (non-hydrogen) atoms. The fraction of sp³-hybridized carbons (Fsp3) is 0.615. The lowest BCUT2D eigenvalue weighted by atomic mass is 10.1. The summed E-state index contributed by atoms with van der Waals surface area (Å²) in [5, 5.41) is 0. The van der Waals surface area contributed by atoms with E-state index in [0.29, 0.717) is 12.6 Å².